The van der Waals surface area contributed by atoms with Gasteiger partial charge in [-0.2, -0.15) is 0 Å². The molecule has 0 unspecified atom stereocenters. The predicted octanol–water partition coefficient (Wildman–Crippen LogP) is 2.36. The van der Waals surface area contributed by atoms with Gasteiger partial charge in [0.15, 0.2) is 0 Å². The van der Waals surface area contributed by atoms with Gasteiger partial charge in [0.25, 0.3) is 0 Å². The Labute approximate surface area is 135 Å². The number of nitrogens with zero attached hydrogens (tertiary/aromatic N) is 1. The van der Waals surface area contributed by atoms with E-state index in [0.29, 0.717) is 18.8 Å². The van der Waals surface area contributed by atoms with Gasteiger partial charge in [-0.05, 0) is 43.5 Å². The molecule has 1 aliphatic heterocycles. The van der Waals surface area contributed by atoms with Gasteiger partial charge in [-0.25, -0.2) is 9.59 Å². The zero-order valence-electron chi connectivity index (χ0n) is 13.7. The molecule has 1 aliphatic rings. The lowest BCUT2D eigenvalue weighted by molar-refractivity contribution is 0.108. The van der Waals surface area contributed by atoms with Gasteiger partial charge < -0.3 is 25.0 Å². The first-order valence-electron chi connectivity index (χ1n) is 7.58. The van der Waals surface area contributed by atoms with Crippen molar-refractivity contribution in [3.63, 3.8) is 0 Å². The quantitative estimate of drug-likeness (QED) is 0.895. The molecule has 1 aromatic carbocycles. The summed E-state index contributed by atoms with van der Waals surface area (Å²) < 4.78 is 9.91. The third-order valence-corrected chi connectivity index (χ3v) is 3.84. The topological polar surface area (TPSA) is 79.9 Å². The second kappa shape index (κ2) is 7.71. The van der Waals surface area contributed by atoms with E-state index in [-0.39, 0.29) is 18.2 Å². The van der Waals surface area contributed by atoms with Gasteiger partial charge in [0.2, 0.25) is 0 Å². The number of rotatable bonds is 3. The minimum Gasteiger partial charge on any atom is -0.496 e. The van der Waals surface area contributed by atoms with Crippen molar-refractivity contribution in [1.29, 1.82) is 0 Å². The molecule has 1 fully saturated rings. The Morgan fingerprint density at radius 2 is 2.09 bits per heavy atom. The van der Waals surface area contributed by atoms with Crippen LogP contribution in [0.3, 0.4) is 0 Å². The molecule has 2 rings (SSSR count). The third-order valence-electron chi connectivity index (χ3n) is 3.84. The zero-order chi connectivity index (χ0) is 16.8. The number of nitrogens with one attached hydrogen (secondary N) is 2. The number of carbonyl (C=O) groups excluding carboxylic acids is 2. The highest BCUT2D eigenvalue weighted by atomic mass is 16.5. The molecule has 1 saturated heterocycles. The molecule has 1 atom stereocenters. The minimum atomic E-state index is -0.359. The van der Waals surface area contributed by atoms with Crippen molar-refractivity contribution in [1.82, 2.24) is 10.2 Å². The highest BCUT2D eigenvalue weighted by molar-refractivity contribution is 5.89. The Bertz CT molecular complexity index is 576. The average molecular weight is 321 g/mol. The highest BCUT2D eigenvalue weighted by Crippen LogP contribution is 2.21. The maximum atomic E-state index is 12.1. The van der Waals surface area contributed by atoms with E-state index in [9.17, 15) is 9.59 Å². The number of aryl methyl sites for hydroxylation is 1. The SMILES string of the molecule is COC(=O)N1CCC[C@H](NC(=O)Nc2ccc(OC)c(C)c2)C1. The van der Waals surface area contributed by atoms with Crippen LogP contribution in [0.2, 0.25) is 0 Å². The molecule has 0 aromatic heterocycles. The molecule has 7 nitrogen and oxygen atoms in total. The maximum absolute atomic E-state index is 12.1. The number of benzene rings is 1. The number of likely N-dealkylation sites (tertiary alicyclic amines) is 1. The summed E-state index contributed by atoms with van der Waals surface area (Å²) in [6.07, 6.45) is 1.31. The largest absolute Gasteiger partial charge is 0.496 e. The van der Waals surface area contributed by atoms with Crippen LogP contribution in [0.5, 0.6) is 5.75 Å². The van der Waals surface area contributed by atoms with Crippen LogP contribution >= 0.6 is 0 Å². The van der Waals surface area contributed by atoms with E-state index in [0.717, 1.165) is 24.2 Å². The summed E-state index contributed by atoms with van der Waals surface area (Å²) in [5.74, 6) is 0.775. The lowest BCUT2D eigenvalue weighted by Gasteiger charge is -2.32. The molecule has 23 heavy (non-hydrogen) atoms. The normalized spacial score (nSPS) is 17.3. The van der Waals surface area contributed by atoms with E-state index < -0.39 is 0 Å². The van der Waals surface area contributed by atoms with Gasteiger partial charge in [0, 0.05) is 24.8 Å². The third kappa shape index (κ3) is 4.51. The van der Waals surface area contributed by atoms with E-state index in [2.05, 4.69) is 10.6 Å². The summed E-state index contributed by atoms with van der Waals surface area (Å²) >= 11 is 0. The second-order valence-electron chi connectivity index (χ2n) is 5.54. The number of piperidine rings is 1. The predicted molar refractivity (Wildman–Crippen MR) is 86.9 cm³/mol. The first-order chi connectivity index (χ1) is 11.0. The van der Waals surface area contributed by atoms with E-state index >= 15 is 0 Å². The molecule has 0 aliphatic carbocycles. The van der Waals surface area contributed by atoms with Crippen molar-refractivity contribution >= 4 is 17.8 Å². The number of urea groups is 1. The van der Waals surface area contributed by atoms with Crippen LogP contribution < -0.4 is 15.4 Å². The molecule has 0 spiro atoms. The van der Waals surface area contributed by atoms with Gasteiger partial charge >= 0.3 is 12.1 Å². The first kappa shape index (κ1) is 16.9. The molecule has 7 heteroatoms. The smallest absolute Gasteiger partial charge is 0.409 e. The fourth-order valence-electron chi connectivity index (χ4n) is 2.70. The fourth-order valence-corrected chi connectivity index (χ4v) is 2.70. The van der Waals surface area contributed by atoms with Crippen LogP contribution in [0, 0.1) is 6.92 Å². The van der Waals surface area contributed by atoms with Gasteiger partial charge in [-0.15, -0.1) is 0 Å². The van der Waals surface area contributed by atoms with Crippen molar-refractivity contribution in [2.75, 3.05) is 32.6 Å². The first-order valence-corrected chi connectivity index (χ1v) is 7.58. The molecule has 1 heterocycles. The molecule has 0 saturated carbocycles. The summed E-state index contributed by atoms with van der Waals surface area (Å²) in [6.45, 7) is 3.03. The number of ether oxygens (including phenoxy) is 2. The van der Waals surface area contributed by atoms with Crippen molar-refractivity contribution in [2.45, 2.75) is 25.8 Å². The Hall–Kier alpha value is -2.44. The van der Waals surface area contributed by atoms with Gasteiger partial charge in [0.1, 0.15) is 5.75 Å². The van der Waals surface area contributed by atoms with Crippen molar-refractivity contribution in [2.24, 2.45) is 0 Å². The number of amides is 3. The molecular formula is C16H23N3O4. The molecule has 126 valence electrons. The van der Waals surface area contributed by atoms with Crippen LogP contribution in [0.15, 0.2) is 18.2 Å². The second-order valence-corrected chi connectivity index (χ2v) is 5.54. The van der Waals surface area contributed by atoms with E-state index in [1.807, 2.05) is 19.1 Å². The van der Waals surface area contributed by atoms with Crippen LogP contribution in [0.4, 0.5) is 15.3 Å². The average Bonchev–Trinajstić information content (AvgIpc) is 2.54. The van der Waals surface area contributed by atoms with Crippen LogP contribution in [0.25, 0.3) is 0 Å². The Morgan fingerprint density at radius 3 is 2.74 bits per heavy atom. The lowest BCUT2D eigenvalue weighted by Crippen LogP contribution is -2.50. The zero-order valence-corrected chi connectivity index (χ0v) is 13.7. The summed E-state index contributed by atoms with van der Waals surface area (Å²) in [4.78, 5) is 25.3. The lowest BCUT2D eigenvalue weighted by atomic mass is 10.1. The molecule has 2 N–H and O–H groups in total. The Morgan fingerprint density at radius 1 is 1.30 bits per heavy atom. The van der Waals surface area contributed by atoms with Crippen LogP contribution in [-0.4, -0.2) is 50.4 Å². The van der Waals surface area contributed by atoms with E-state index in [1.54, 1.807) is 18.1 Å². The molecule has 3 amide bonds. The fraction of sp³-hybridized carbons (Fsp3) is 0.500. The molecular weight excluding hydrogens is 298 g/mol. The summed E-state index contributed by atoms with van der Waals surface area (Å²) in [5, 5.41) is 5.69. The van der Waals surface area contributed by atoms with E-state index in [4.69, 9.17) is 9.47 Å². The number of hydrogen-bond donors (Lipinski definition) is 2. The number of anilines is 1. The number of hydrogen-bond acceptors (Lipinski definition) is 4. The summed E-state index contributed by atoms with van der Waals surface area (Å²) in [5.41, 5.74) is 1.64. The van der Waals surface area contributed by atoms with Crippen molar-refractivity contribution < 1.29 is 19.1 Å². The Kier molecular flexibility index (Phi) is 5.67. The van der Waals surface area contributed by atoms with E-state index in [1.165, 1.54) is 7.11 Å². The number of carbonyl (C=O) groups is 2. The number of methoxy groups -OCH3 is 2. The Balaban J connectivity index is 1.89. The maximum Gasteiger partial charge on any atom is 0.409 e. The van der Waals surface area contributed by atoms with Crippen LogP contribution in [-0.2, 0) is 4.74 Å². The minimum absolute atomic E-state index is 0.0813. The summed E-state index contributed by atoms with van der Waals surface area (Å²) in [7, 11) is 2.97. The molecule has 0 bridgehead atoms. The molecule has 0 radical (unpaired) electrons. The van der Waals surface area contributed by atoms with Crippen molar-refractivity contribution in [3.8, 4) is 5.75 Å². The monoisotopic (exact) mass is 321 g/mol. The highest BCUT2D eigenvalue weighted by Gasteiger charge is 2.25. The standard InChI is InChI=1S/C16H23N3O4/c1-11-9-12(6-7-14(11)22-2)17-15(20)18-13-5-4-8-19(10-13)16(21)23-3/h6-7,9,13H,4-5,8,10H2,1-3H3,(H2,17,18,20)/t13-/m0/s1. The molecule has 1 aromatic rings. The summed E-state index contributed by atoms with van der Waals surface area (Å²) in [6, 6.07) is 5.07. The van der Waals surface area contributed by atoms with Crippen LogP contribution in [0.1, 0.15) is 18.4 Å². The van der Waals surface area contributed by atoms with Crippen molar-refractivity contribution in [3.05, 3.63) is 23.8 Å². The van der Waals surface area contributed by atoms with Gasteiger partial charge in [-0.1, -0.05) is 0 Å². The van der Waals surface area contributed by atoms with Gasteiger partial charge in [0.05, 0.1) is 14.2 Å². The van der Waals surface area contributed by atoms with Gasteiger partial charge in [-0.3, -0.25) is 0 Å².